The predicted octanol–water partition coefficient (Wildman–Crippen LogP) is -5.62. The molecule has 104 valence electrons. The fourth-order valence-corrected chi connectivity index (χ4v) is 7.01. The van der Waals surface area contributed by atoms with Gasteiger partial charge in [0.2, 0.25) is 0 Å². The minimum Gasteiger partial charge on any atom is -1.00 e. The molecule has 0 saturated carbocycles. The average Bonchev–Trinajstić information content (AvgIpc) is 2.51. The van der Waals surface area contributed by atoms with Crippen molar-refractivity contribution in [1.29, 1.82) is 0 Å². The Hall–Kier alpha value is 0.834. The van der Waals surface area contributed by atoms with Crippen molar-refractivity contribution in [1.82, 2.24) is 0 Å². The maximum Gasteiger partial charge on any atom is 0.391 e. The van der Waals surface area contributed by atoms with E-state index in [9.17, 15) is 0 Å². The van der Waals surface area contributed by atoms with Crippen molar-refractivity contribution in [3.63, 3.8) is 0 Å². The first-order valence-electron chi connectivity index (χ1n) is 5.94. The molecule has 0 spiro atoms. The molecule has 0 aromatic carbocycles. The fraction of sp³-hybridized carbons (Fsp3) is 0.800. The van der Waals surface area contributed by atoms with Crippen molar-refractivity contribution in [2.45, 2.75) is 26.2 Å². The van der Waals surface area contributed by atoms with Crippen LogP contribution >= 0.6 is 0 Å². The van der Waals surface area contributed by atoms with Gasteiger partial charge in [0, 0.05) is 0 Å². The Labute approximate surface area is 145 Å². The van der Waals surface area contributed by atoms with E-state index >= 15 is 0 Å². The fourth-order valence-electron chi connectivity index (χ4n) is 2.81. The Morgan fingerprint density at radius 1 is 0.778 bits per heavy atom. The van der Waals surface area contributed by atoms with Crippen molar-refractivity contribution in [2.75, 3.05) is 25.4 Å². The number of nitrogens with zero attached hydrogens (tertiary/aromatic N) is 2. The van der Waals surface area contributed by atoms with Gasteiger partial charge in [-0.3, -0.25) is 0 Å². The monoisotopic (exact) mass is 510 g/mol. The first-order chi connectivity index (χ1) is 7.35. The molecule has 0 aromatic heterocycles. The van der Waals surface area contributed by atoms with E-state index in [1.807, 2.05) is 0 Å². The summed E-state index contributed by atoms with van der Waals surface area (Å²) in [5, 5.41) is 0. The van der Waals surface area contributed by atoms with E-state index in [4.69, 9.17) is 8.85 Å². The Balaban J connectivity index is 0.000000810. The summed E-state index contributed by atoms with van der Waals surface area (Å²) >= 11 is 0. The highest BCUT2D eigenvalue weighted by molar-refractivity contribution is 6.74. The van der Waals surface area contributed by atoms with Gasteiger partial charge in [0.05, 0.1) is 0 Å². The summed E-state index contributed by atoms with van der Waals surface area (Å²) in [6, 6.07) is 0. The molecule has 0 radical (unpaired) electrons. The van der Waals surface area contributed by atoms with Crippen LogP contribution in [0, 0.1) is 0 Å². The third kappa shape index (κ3) is 3.11. The van der Waals surface area contributed by atoms with E-state index < -0.39 is 16.6 Å². The second-order valence-electron chi connectivity index (χ2n) is 6.22. The molecule has 3 aliphatic rings. The second-order valence-corrected chi connectivity index (χ2v) is 14.3. The van der Waals surface area contributed by atoms with Crippen LogP contribution in [0.4, 0.5) is 0 Å². The molecule has 0 aliphatic carbocycles. The third-order valence-electron chi connectivity index (χ3n) is 3.29. The van der Waals surface area contributed by atoms with Crippen molar-refractivity contribution in [3.8, 4) is 0 Å². The second kappa shape index (κ2) is 5.32. The van der Waals surface area contributed by atoms with Gasteiger partial charge >= 0.3 is 28.4 Å². The lowest BCUT2D eigenvalue weighted by molar-refractivity contribution is -0.566. The molecule has 0 N–H and O–H groups in total. The van der Waals surface area contributed by atoms with Gasteiger partial charge in [-0.1, -0.05) is 0 Å². The zero-order valence-corrected chi connectivity index (χ0v) is 17.6. The molecule has 0 unspecified atom stereocenters. The normalized spacial score (nSPS) is 26.4. The van der Waals surface area contributed by atoms with Crippen LogP contribution in [0.25, 0.3) is 0 Å². The van der Waals surface area contributed by atoms with Gasteiger partial charge in [-0.05, 0) is 26.2 Å². The van der Waals surface area contributed by atoms with Gasteiger partial charge in [-0.2, -0.15) is 9.15 Å². The molecule has 0 fully saturated rings. The highest BCUT2D eigenvalue weighted by atomic mass is 127. The van der Waals surface area contributed by atoms with Crippen LogP contribution in [-0.2, 0) is 8.85 Å². The number of halogens is 2. The summed E-state index contributed by atoms with van der Waals surface area (Å²) in [5.41, 5.74) is 0. The highest BCUT2D eigenvalue weighted by Crippen LogP contribution is 2.20. The van der Waals surface area contributed by atoms with Crippen LogP contribution in [0.2, 0.25) is 26.2 Å². The summed E-state index contributed by atoms with van der Waals surface area (Å²) in [7, 11) is -2.89. The van der Waals surface area contributed by atoms with E-state index in [0.29, 0.717) is 0 Å². The molecule has 3 rings (SSSR count). The smallest absolute Gasteiger partial charge is 0.391 e. The van der Waals surface area contributed by atoms with Crippen LogP contribution in [-0.4, -0.2) is 63.0 Å². The molecule has 0 amide bonds. The van der Waals surface area contributed by atoms with Crippen molar-refractivity contribution >= 4 is 28.4 Å². The molecule has 0 aromatic rings. The molecule has 0 bridgehead atoms. The Morgan fingerprint density at radius 2 is 1.11 bits per heavy atom. The number of hydrogen-bond donors (Lipinski definition) is 0. The maximum absolute atomic E-state index is 6.12. The molecular formula is C10H20I2N2O2Si2. The predicted molar refractivity (Wildman–Crippen MR) is 67.1 cm³/mol. The van der Waals surface area contributed by atoms with Crippen LogP contribution in [0.3, 0.4) is 0 Å². The minimum atomic E-state index is -1.45. The first kappa shape index (κ1) is 16.9. The zero-order valence-electron chi connectivity index (χ0n) is 11.3. The lowest BCUT2D eigenvalue weighted by atomic mass is 10.4. The lowest BCUT2D eigenvalue weighted by Crippen LogP contribution is -3.00. The van der Waals surface area contributed by atoms with Gasteiger partial charge in [0.25, 0.3) is 13.1 Å². The minimum absolute atomic E-state index is 0. The summed E-state index contributed by atoms with van der Waals surface area (Å²) in [6.45, 7) is 11.0. The SMILES string of the molecule is C[Si]1(C)C[N+]2=C(C[N+]3=C(C2)O[Si](C)(C)C3)O1.[I-].[I-]. The third-order valence-corrected chi connectivity index (χ3v) is 7.15. The molecule has 8 heteroatoms. The van der Waals surface area contributed by atoms with E-state index in [1.165, 1.54) is 11.8 Å². The first-order valence-corrected chi connectivity index (χ1v) is 12.2. The van der Waals surface area contributed by atoms with Gasteiger partial charge < -0.3 is 56.8 Å². The Bertz CT molecular complexity index is 364. The number of hydrogen-bond acceptors (Lipinski definition) is 2. The maximum atomic E-state index is 6.12. The molecular weight excluding hydrogens is 490 g/mol. The average molecular weight is 510 g/mol. The quantitative estimate of drug-likeness (QED) is 0.185. The van der Waals surface area contributed by atoms with Crippen LogP contribution < -0.4 is 48.0 Å². The van der Waals surface area contributed by atoms with Gasteiger partial charge in [0.1, 0.15) is 0 Å². The van der Waals surface area contributed by atoms with E-state index in [1.54, 1.807) is 0 Å². The molecule has 4 nitrogen and oxygen atoms in total. The summed E-state index contributed by atoms with van der Waals surface area (Å²) in [4.78, 5) is 0. The van der Waals surface area contributed by atoms with Crippen molar-refractivity contribution in [3.05, 3.63) is 0 Å². The number of rotatable bonds is 0. The van der Waals surface area contributed by atoms with E-state index in [2.05, 4.69) is 35.3 Å². The van der Waals surface area contributed by atoms with E-state index in [-0.39, 0.29) is 48.0 Å². The summed E-state index contributed by atoms with van der Waals surface area (Å²) < 4.78 is 17.0. The zero-order chi connectivity index (χ0) is 11.6. The molecule has 3 aliphatic heterocycles. The topological polar surface area (TPSA) is 24.5 Å². The molecule has 18 heavy (non-hydrogen) atoms. The Morgan fingerprint density at radius 3 is 1.44 bits per heavy atom. The van der Waals surface area contributed by atoms with Gasteiger partial charge in [-0.25, -0.2) is 0 Å². The van der Waals surface area contributed by atoms with Crippen LogP contribution in [0.5, 0.6) is 0 Å². The molecule has 3 heterocycles. The van der Waals surface area contributed by atoms with E-state index in [0.717, 1.165) is 25.4 Å². The van der Waals surface area contributed by atoms with Crippen LogP contribution in [0.15, 0.2) is 0 Å². The summed E-state index contributed by atoms with van der Waals surface area (Å²) in [5.74, 6) is 2.38. The van der Waals surface area contributed by atoms with Crippen molar-refractivity contribution < 1.29 is 66.0 Å². The summed E-state index contributed by atoms with van der Waals surface area (Å²) in [6.07, 6.45) is 2.23. The highest BCUT2D eigenvalue weighted by Gasteiger charge is 2.53. The van der Waals surface area contributed by atoms with Gasteiger partial charge in [0.15, 0.2) is 12.3 Å². The standard InChI is InChI=1S/C10H20N2O2Si2.2HI/c1-15(2)7-11-6-10-12(5-9(11)13-15)8-16(3,4)14-10;;/h5-8H2,1-4H3;2*1H/q+2;;/p-2. The lowest BCUT2D eigenvalue weighted by Gasteiger charge is -2.09. The Kier molecular flexibility index (Phi) is 4.99. The molecule has 0 atom stereocenters. The van der Waals surface area contributed by atoms with Crippen molar-refractivity contribution in [2.24, 2.45) is 0 Å². The van der Waals surface area contributed by atoms with Gasteiger partial charge in [-0.15, -0.1) is 0 Å². The molecule has 0 saturated heterocycles. The largest absolute Gasteiger partial charge is 1.00 e. The van der Waals surface area contributed by atoms with Crippen LogP contribution in [0.1, 0.15) is 0 Å².